The van der Waals surface area contributed by atoms with Crippen LogP contribution >= 0.6 is 0 Å². The molecule has 1 aromatic carbocycles. The number of aryl methyl sites for hydroxylation is 1. The molecular weight excluding hydrogens is 312 g/mol. The number of H-pyrrole nitrogens is 2. The Balaban J connectivity index is 2.33. The summed E-state index contributed by atoms with van der Waals surface area (Å²) in [5.41, 5.74) is 13.3. The summed E-state index contributed by atoms with van der Waals surface area (Å²) in [4.78, 5) is 45.5. The molecule has 4 rings (SSSR count). The third-order valence-corrected chi connectivity index (χ3v) is 4.03. The molecule has 0 aliphatic carbocycles. The van der Waals surface area contributed by atoms with Crippen molar-refractivity contribution in [2.24, 2.45) is 11.5 Å². The lowest BCUT2D eigenvalue weighted by Gasteiger charge is -2.01. The molecule has 0 aliphatic heterocycles. The monoisotopic (exact) mass is 324 g/mol. The summed E-state index contributed by atoms with van der Waals surface area (Å²) in [7, 11) is 0. The number of rotatable bonds is 2. The van der Waals surface area contributed by atoms with E-state index in [-0.39, 0.29) is 27.9 Å². The number of primary amides is 2. The lowest BCUT2D eigenvalue weighted by molar-refractivity contribution is 0.0988. The quantitative estimate of drug-likeness (QED) is 0.415. The molecule has 2 amide bonds. The highest BCUT2D eigenvalue weighted by molar-refractivity contribution is 6.13. The van der Waals surface area contributed by atoms with Crippen molar-refractivity contribution in [2.45, 2.75) is 6.92 Å². The molecule has 9 heteroatoms. The molecular formula is C15H12N6O3. The summed E-state index contributed by atoms with van der Waals surface area (Å²) in [5, 5.41) is 0. The SMILES string of the molecule is Cc1ccc(=O)c2nc3c(C(N)=O)c4[nH]c(C(N)=O)c[nH]c4n3c12. The van der Waals surface area contributed by atoms with Crippen LogP contribution in [0.2, 0.25) is 0 Å². The van der Waals surface area contributed by atoms with Crippen LogP contribution in [-0.4, -0.2) is 31.2 Å². The van der Waals surface area contributed by atoms with Crippen LogP contribution < -0.4 is 16.9 Å². The van der Waals surface area contributed by atoms with Crippen LogP contribution in [0, 0.1) is 6.92 Å². The Morgan fingerprint density at radius 2 is 1.96 bits per heavy atom. The van der Waals surface area contributed by atoms with E-state index in [1.807, 2.05) is 6.92 Å². The number of hydrogen-bond donors (Lipinski definition) is 4. The van der Waals surface area contributed by atoms with Crippen molar-refractivity contribution in [3.63, 3.8) is 0 Å². The minimum absolute atomic E-state index is 0.0827. The normalized spacial score (nSPS) is 11.5. The molecule has 6 N–H and O–H groups in total. The molecule has 0 unspecified atom stereocenters. The van der Waals surface area contributed by atoms with E-state index < -0.39 is 11.8 Å². The highest BCUT2D eigenvalue weighted by Gasteiger charge is 2.24. The molecule has 9 nitrogen and oxygen atoms in total. The maximum atomic E-state index is 12.1. The Labute approximate surface area is 133 Å². The van der Waals surface area contributed by atoms with Gasteiger partial charge in [-0.2, -0.15) is 0 Å². The minimum atomic E-state index is -0.735. The van der Waals surface area contributed by atoms with Gasteiger partial charge < -0.3 is 21.4 Å². The average molecular weight is 324 g/mol. The standard InChI is InChI=1S/C15H12N6O3/c1-5-2-3-7(22)9-11(5)21-14(20-9)8(13(17)24)10-15(21)18-4-6(19-10)12(16)23/h2-4,18-19H,1H3,(H2,16,23)(H2,17,24). The van der Waals surface area contributed by atoms with Gasteiger partial charge in [0.15, 0.2) is 5.65 Å². The molecule has 0 saturated carbocycles. The van der Waals surface area contributed by atoms with Crippen LogP contribution in [0.1, 0.15) is 26.4 Å². The third kappa shape index (κ3) is 1.63. The summed E-state index contributed by atoms with van der Waals surface area (Å²) in [6.07, 6.45) is 1.39. The van der Waals surface area contributed by atoms with Gasteiger partial charge in [-0.25, -0.2) is 4.98 Å². The molecule has 0 bridgehead atoms. The van der Waals surface area contributed by atoms with E-state index in [2.05, 4.69) is 15.0 Å². The van der Waals surface area contributed by atoms with E-state index in [1.54, 1.807) is 10.5 Å². The van der Waals surface area contributed by atoms with Crippen molar-refractivity contribution in [1.29, 1.82) is 0 Å². The lowest BCUT2D eigenvalue weighted by Crippen LogP contribution is -2.15. The van der Waals surface area contributed by atoms with Crippen LogP contribution in [0.4, 0.5) is 0 Å². The van der Waals surface area contributed by atoms with Crippen LogP contribution in [-0.2, 0) is 0 Å². The predicted molar refractivity (Wildman–Crippen MR) is 86.9 cm³/mol. The topological polar surface area (TPSA) is 152 Å². The Morgan fingerprint density at radius 1 is 1.21 bits per heavy atom. The van der Waals surface area contributed by atoms with Gasteiger partial charge in [0.25, 0.3) is 11.8 Å². The van der Waals surface area contributed by atoms with Gasteiger partial charge in [-0.3, -0.25) is 18.8 Å². The first kappa shape index (κ1) is 14.0. The molecule has 0 spiro atoms. The molecule has 0 radical (unpaired) electrons. The van der Waals surface area contributed by atoms with Gasteiger partial charge in [-0.15, -0.1) is 0 Å². The fourth-order valence-electron chi connectivity index (χ4n) is 2.98. The summed E-state index contributed by atoms with van der Waals surface area (Å²) in [6, 6.07) is 3.11. The number of hydrogen-bond acceptors (Lipinski definition) is 4. The van der Waals surface area contributed by atoms with Crippen molar-refractivity contribution in [3.8, 4) is 0 Å². The molecule has 0 saturated heterocycles. The fourth-order valence-corrected chi connectivity index (χ4v) is 2.98. The predicted octanol–water partition coefficient (Wildman–Crippen LogP) is 0.163. The van der Waals surface area contributed by atoms with Crippen molar-refractivity contribution in [3.05, 3.63) is 45.4 Å². The van der Waals surface area contributed by atoms with Gasteiger partial charge in [0.1, 0.15) is 22.4 Å². The highest BCUT2D eigenvalue weighted by atomic mass is 16.1. The molecule has 3 aromatic heterocycles. The molecule has 0 aliphatic rings. The van der Waals surface area contributed by atoms with Crippen LogP contribution in [0.15, 0.2) is 23.1 Å². The first-order valence-electron chi connectivity index (χ1n) is 7.05. The molecule has 3 heterocycles. The molecule has 0 fully saturated rings. The first-order valence-corrected chi connectivity index (χ1v) is 7.05. The molecule has 4 aromatic rings. The second-order valence-electron chi connectivity index (χ2n) is 5.50. The number of nitrogens with one attached hydrogen (secondary N) is 2. The zero-order valence-electron chi connectivity index (χ0n) is 12.5. The number of nitrogens with two attached hydrogens (primary N) is 2. The van der Waals surface area contributed by atoms with E-state index in [1.165, 1.54) is 12.3 Å². The molecule has 24 heavy (non-hydrogen) atoms. The average Bonchev–Trinajstić information content (AvgIpc) is 3.05. The first-order chi connectivity index (χ1) is 11.4. The Hall–Kier alpha value is -3.62. The zero-order valence-corrected chi connectivity index (χ0v) is 12.5. The Kier molecular flexibility index (Phi) is 2.59. The largest absolute Gasteiger partial charge is 0.365 e. The van der Waals surface area contributed by atoms with Gasteiger partial charge in [-0.1, -0.05) is 6.07 Å². The number of aromatic amines is 2. The van der Waals surface area contributed by atoms with Crippen LogP contribution in [0.5, 0.6) is 0 Å². The van der Waals surface area contributed by atoms with Crippen LogP contribution in [0.3, 0.4) is 0 Å². The second kappa shape index (κ2) is 4.44. The lowest BCUT2D eigenvalue weighted by atomic mass is 10.2. The van der Waals surface area contributed by atoms with Gasteiger partial charge in [-0.05, 0) is 18.6 Å². The smallest absolute Gasteiger partial charge is 0.266 e. The van der Waals surface area contributed by atoms with Crippen molar-refractivity contribution >= 4 is 39.7 Å². The van der Waals surface area contributed by atoms with E-state index in [9.17, 15) is 14.4 Å². The number of aromatic nitrogens is 4. The number of imidazole rings is 1. The van der Waals surface area contributed by atoms with Gasteiger partial charge >= 0.3 is 0 Å². The van der Waals surface area contributed by atoms with E-state index in [0.29, 0.717) is 16.7 Å². The maximum absolute atomic E-state index is 12.1. The molecule has 0 atom stereocenters. The van der Waals surface area contributed by atoms with E-state index in [0.717, 1.165) is 5.56 Å². The second-order valence-corrected chi connectivity index (χ2v) is 5.50. The Bertz CT molecular complexity index is 1240. The number of fused-ring (bicyclic) bond motifs is 5. The van der Waals surface area contributed by atoms with E-state index in [4.69, 9.17) is 11.5 Å². The number of carbonyl (C=O) groups is 2. The van der Waals surface area contributed by atoms with Crippen molar-refractivity contribution in [1.82, 2.24) is 19.4 Å². The summed E-state index contributed by atoms with van der Waals surface area (Å²) < 4.78 is 1.64. The van der Waals surface area contributed by atoms with E-state index >= 15 is 0 Å². The number of benzene rings is 1. The summed E-state index contributed by atoms with van der Waals surface area (Å²) in [6.45, 7) is 1.83. The number of carbonyl (C=O) groups excluding carboxylic acids is 2. The van der Waals surface area contributed by atoms with Gasteiger partial charge in [0.2, 0.25) is 5.43 Å². The number of nitrogens with zero attached hydrogens (tertiary/aromatic N) is 2. The molecule has 120 valence electrons. The van der Waals surface area contributed by atoms with Crippen LogP contribution in [0.25, 0.3) is 27.8 Å². The third-order valence-electron chi connectivity index (χ3n) is 4.03. The van der Waals surface area contributed by atoms with Crippen molar-refractivity contribution < 1.29 is 9.59 Å². The Morgan fingerprint density at radius 3 is 2.62 bits per heavy atom. The van der Waals surface area contributed by atoms with Gasteiger partial charge in [0.05, 0.1) is 11.0 Å². The number of amides is 2. The van der Waals surface area contributed by atoms with Gasteiger partial charge in [0, 0.05) is 6.20 Å². The highest BCUT2D eigenvalue weighted by Crippen LogP contribution is 2.28. The van der Waals surface area contributed by atoms with Crippen molar-refractivity contribution in [2.75, 3.05) is 0 Å². The summed E-state index contributed by atoms with van der Waals surface area (Å²) >= 11 is 0. The zero-order chi connectivity index (χ0) is 17.2. The maximum Gasteiger partial charge on any atom is 0.266 e. The fraction of sp³-hybridized carbons (Fsp3) is 0.0667. The minimum Gasteiger partial charge on any atom is -0.365 e. The summed E-state index contributed by atoms with van der Waals surface area (Å²) in [5.74, 6) is -1.42.